The van der Waals surface area contributed by atoms with E-state index in [0.29, 0.717) is 0 Å². The molecule has 16 heavy (non-hydrogen) atoms. The summed E-state index contributed by atoms with van der Waals surface area (Å²) in [6, 6.07) is 6.07. The van der Waals surface area contributed by atoms with Crippen LogP contribution in [0.15, 0.2) is 24.4 Å². The molecule has 0 saturated carbocycles. The van der Waals surface area contributed by atoms with E-state index in [-0.39, 0.29) is 0 Å². The normalized spacial score (nSPS) is 21.4. The van der Waals surface area contributed by atoms with Crippen molar-refractivity contribution in [3.63, 3.8) is 0 Å². The van der Waals surface area contributed by atoms with Gasteiger partial charge in [-0.1, -0.05) is 13.0 Å². The molecule has 1 unspecified atom stereocenters. The standard InChI is InChI=1S/C13H21N3/c1-2-16-8-6-12(11-16)9-14-10-13-5-3-4-7-15-13/h3-5,7,12,14H,2,6,8-11H2,1H3. The van der Waals surface area contributed by atoms with Crippen LogP contribution >= 0.6 is 0 Å². The van der Waals surface area contributed by atoms with Gasteiger partial charge >= 0.3 is 0 Å². The van der Waals surface area contributed by atoms with Gasteiger partial charge in [0.1, 0.15) is 0 Å². The first-order valence-corrected chi connectivity index (χ1v) is 6.21. The highest BCUT2D eigenvalue weighted by Crippen LogP contribution is 2.14. The van der Waals surface area contributed by atoms with Gasteiger partial charge in [0.05, 0.1) is 5.69 Å². The van der Waals surface area contributed by atoms with E-state index in [4.69, 9.17) is 0 Å². The summed E-state index contributed by atoms with van der Waals surface area (Å²) in [6.07, 6.45) is 3.19. The van der Waals surface area contributed by atoms with Gasteiger partial charge in [-0.05, 0) is 44.1 Å². The summed E-state index contributed by atoms with van der Waals surface area (Å²) in [5, 5.41) is 3.50. The molecule has 88 valence electrons. The molecule has 0 bridgehead atoms. The molecule has 1 atom stereocenters. The Morgan fingerprint density at radius 3 is 3.12 bits per heavy atom. The van der Waals surface area contributed by atoms with Gasteiger partial charge in [0, 0.05) is 19.3 Å². The second kappa shape index (κ2) is 5.97. The maximum absolute atomic E-state index is 4.30. The number of likely N-dealkylation sites (tertiary alicyclic amines) is 1. The first-order chi connectivity index (χ1) is 7.88. The van der Waals surface area contributed by atoms with Gasteiger partial charge in [-0.25, -0.2) is 0 Å². The average molecular weight is 219 g/mol. The number of aromatic nitrogens is 1. The van der Waals surface area contributed by atoms with E-state index in [9.17, 15) is 0 Å². The Hall–Kier alpha value is -0.930. The Morgan fingerprint density at radius 2 is 2.44 bits per heavy atom. The molecule has 1 fully saturated rings. The molecule has 0 aromatic carbocycles. The SMILES string of the molecule is CCN1CCC(CNCc2ccccn2)C1. The zero-order chi connectivity index (χ0) is 11.2. The Balaban J connectivity index is 1.65. The molecular formula is C13H21N3. The summed E-state index contributed by atoms with van der Waals surface area (Å²) in [6.45, 7) is 7.97. The largest absolute Gasteiger partial charge is 0.311 e. The topological polar surface area (TPSA) is 28.2 Å². The molecule has 1 aromatic heterocycles. The zero-order valence-corrected chi connectivity index (χ0v) is 10.0. The van der Waals surface area contributed by atoms with Crippen LogP contribution in [-0.4, -0.2) is 36.1 Å². The first-order valence-electron chi connectivity index (χ1n) is 6.21. The van der Waals surface area contributed by atoms with Crippen molar-refractivity contribution in [3.8, 4) is 0 Å². The van der Waals surface area contributed by atoms with Crippen LogP contribution in [0.5, 0.6) is 0 Å². The minimum atomic E-state index is 0.823. The Bertz CT molecular complexity index is 299. The van der Waals surface area contributed by atoms with Crippen LogP contribution in [0.25, 0.3) is 0 Å². The lowest BCUT2D eigenvalue weighted by Gasteiger charge is -2.13. The number of hydrogen-bond donors (Lipinski definition) is 1. The molecule has 1 aliphatic rings. The molecule has 3 heteroatoms. The zero-order valence-electron chi connectivity index (χ0n) is 10.0. The highest BCUT2D eigenvalue weighted by Gasteiger charge is 2.20. The second-order valence-electron chi connectivity index (χ2n) is 4.50. The smallest absolute Gasteiger partial charge is 0.0541 e. The number of pyridine rings is 1. The van der Waals surface area contributed by atoms with Crippen LogP contribution in [0.2, 0.25) is 0 Å². The van der Waals surface area contributed by atoms with Crippen molar-refractivity contribution < 1.29 is 0 Å². The van der Waals surface area contributed by atoms with Gasteiger partial charge in [0.15, 0.2) is 0 Å². The molecule has 3 nitrogen and oxygen atoms in total. The van der Waals surface area contributed by atoms with Crippen molar-refractivity contribution in [1.82, 2.24) is 15.2 Å². The fraction of sp³-hybridized carbons (Fsp3) is 0.615. The molecule has 1 aliphatic heterocycles. The third kappa shape index (κ3) is 3.29. The van der Waals surface area contributed by atoms with Gasteiger partial charge in [-0.3, -0.25) is 4.98 Å². The van der Waals surface area contributed by atoms with Crippen molar-refractivity contribution in [2.45, 2.75) is 19.9 Å². The number of nitrogens with zero attached hydrogens (tertiary/aromatic N) is 2. The summed E-state index contributed by atoms with van der Waals surface area (Å²) in [4.78, 5) is 6.82. The van der Waals surface area contributed by atoms with E-state index in [0.717, 1.165) is 24.7 Å². The van der Waals surface area contributed by atoms with Crippen LogP contribution in [0, 0.1) is 5.92 Å². The van der Waals surface area contributed by atoms with Crippen LogP contribution < -0.4 is 5.32 Å². The van der Waals surface area contributed by atoms with Crippen LogP contribution in [0.4, 0.5) is 0 Å². The second-order valence-corrected chi connectivity index (χ2v) is 4.50. The molecular weight excluding hydrogens is 198 g/mol. The molecule has 1 aromatic rings. The fourth-order valence-corrected chi connectivity index (χ4v) is 2.27. The van der Waals surface area contributed by atoms with E-state index in [1.54, 1.807) is 0 Å². The lowest BCUT2D eigenvalue weighted by Crippen LogP contribution is -2.26. The Labute approximate surface area is 97.9 Å². The molecule has 2 rings (SSSR count). The van der Waals surface area contributed by atoms with E-state index in [1.165, 1.54) is 26.1 Å². The number of hydrogen-bond acceptors (Lipinski definition) is 3. The van der Waals surface area contributed by atoms with Crippen molar-refractivity contribution in [2.75, 3.05) is 26.2 Å². The molecule has 2 heterocycles. The minimum Gasteiger partial charge on any atom is -0.311 e. The van der Waals surface area contributed by atoms with Crippen molar-refractivity contribution in [2.24, 2.45) is 5.92 Å². The monoisotopic (exact) mass is 219 g/mol. The highest BCUT2D eigenvalue weighted by atomic mass is 15.1. The van der Waals surface area contributed by atoms with E-state index in [1.807, 2.05) is 18.3 Å². The fourth-order valence-electron chi connectivity index (χ4n) is 2.27. The van der Waals surface area contributed by atoms with Gasteiger partial charge in [-0.15, -0.1) is 0 Å². The summed E-state index contributed by atoms with van der Waals surface area (Å²) in [7, 11) is 0. The van der Waals surface area contributed by atoms with Gasteiger partial charge in [0.2, 0.25) is 0 Å². The number of rotatable bonds is 5. The van der Waals surface area contributed by atoms with E-state index < -0.39 is 0 Å². The lowest BCUT2D eigenvalue weighted by atomic mass is 10.1. The van der Waals surface area contributed by atoms with Crippen LogP contribution in [-0.2, 0) is 6.54 Å². The summed E-state index contributed by atoms with van der Waals surface area (Å²) < 4.78 is 0. The van der Waals surface area contributed by atoms with E-state index >= 15 is 0 Å². The van der Waals surface area contributed by atoms with Gasteiger partial charge in [0.25, 0.3) is 0 Å². The molecule has 1 N–H and O–H groups in total. The predicted octanol–water partition coefficient (Wildman–Crippen LogP) is 1.51. The summed E-state index contributed by atoms with van der Waals surface area (Å²) in [5.41, 5.74) is 1.13. The Morgan fingerprint density at radius 1 is 1.50 bits per heavy atom. The van der Waals surface area contributed by atoms with Crippen molar-refractivity contribution >= 4 is 0 Å². The molecule has 0 amide bonds. The maximum Gasteiger partial charge on any atom is 0.0541 e. The highest BCUT2D eigenvalue weighted by molar-refractivity contribution is 5.02. The molecule has 1 saturated heterocycles. The first kappa shape index (κ1) is 11.6. The average Bonchev–Trinajstić information content (AvgIpc) is 2.78. The van der Waals surface area contributed by atoms with E-state index in [2.05, 4.69) is 28.2 Å². The Kier molecular flexibility index (Phi) is 4.31. The van der Waals surface area contributed by atoms with Crippen LogP contribution in [0.1, 0.15) is 19.0 Å². The minimum absolute atomic E-state index is 0.823. The van der Waals surface area contributed by atoms with Crippen LogP contribution in [0.3, 0.4) is 0 Å². The molecule has 0 aliphatic carbocycles. The molecule has 0 radical (unpaired) electrons. The van der Waals surface area contributed by atoms with Gasteiger partial charge < -0.3 is 10.2 Å². The predicted molar refractivity (Wildman–Crippen MR) is 66.2 cm³/mol. The van der Waals surface area contributed by atoms with Crippen molar-refractivity contribution in [1.29, 1.82) is 0 Å². The third-order valence-corrected chi connectivity index (χ3v) is 3.28. The molecule has 0 spiro atoms. The van der Waals surface area contributed by atoms with Crippen molar-refractivity contribution in [3.05, 3.63) is 30.1 Å². The summed E-state index contributed by atoms with van der Waals surface area (Å²) >= 11 is 0. The van der Waals surface area contributed by atoms with Gasteiger partial charge in [-0.2, -0.15) is 0 Å². The summed E-state index contributed by atoms with van der Waals surface area (Å²) in [5.74, 6) is 0.823. The number of nitrogens with one attached hydrogen (secondary N) is 1. The quantitative estimate of drug-likeness (QED) is 0.813. The third-order valence-electron chi connectivity index (χ3n) is 3.28. The maximum atomic E-state index is 4.30. The lowest BCUT2D eigenvalue weighted by molar-refractivity contribution is 0.338.